The molecule has 0 aliphatic heterocycles. The third-order valence-electron chi connectivity index (χ3n) is 1.61. The number of ether oxygens (including phenoxy) is 1. The molecule has 0 bridgehead atoms. The zero-order valence-corrected chi connectivity index (χ0v) is 13.1. The number of alkyl carbamates (subject to hydrolysis) is 1. The molecule has 0 aromatic heterocycles. The lowest BCUT2D eigenvalue weighted by atomic mass is 10.0. The fourth-order valence-corrected chi connectivity index (χ4v) is 1.14. The van der Waals surface area contributed by atoms with Crippen molar-refractivity contribution in [2.45, 2.75) is 64.9 Å². The summed E-state index contributed by atoms with van der Waals surface area (Å²) in [5, 5.41) is 11.2. The van der Waals surface area contributed by atoms with E-state index in [0.717, 1.165) is 0 Å². The van der Waals surface area contributed by atoms with E-state index in [9.17, 15) is 9.59 Å². The monoisotopic (exact) mass is 279 g/mol. The van der Waals surface area contributed by atoms with Gasteiger partial charge in [-0.05, 0) is 34.6 Å². The molecule has 6 heteroatoms. The Morgan fingerprint density at radius 2 is 1.56 bits per heavy atom. The Kier molecular flexibility index (Phi) is 8.10. The van der Waals surface area contributed by atoms with Crippen molar-refractivity contribution in [2.24, 2.45) is 0 Å². The highest BCUT2D eigenvalue weighted by Crippen LogP contribution is 2.18. The van der Waals surface area contributed by atoms with Crippen LogP contribution < -0.4 is 5.32 Å². The minimum absolute atomic E-state index is 0.659. The van der Waals surface area contributed by atoms with E-state index in [0.29, 0.717) is 0 Å². The molecule has 108 valence electrons. The van der Waals surface area contributed by atoms with Crippen molar-refractivity contribution in [2.75, 3.05) is 0 Å². The van der Waals surface area contributed by atoms with Gasteiger partial charge in [0, 0.05) is 4.75 Å². The average molecular weight is 279 g/mol. The van der Waals surface area contributed by atoms with Gasteiger partial charge >= 0.3 is 12.1 Å². The number of thiol groups is 1. The van der Waals surface area contributed by atoms with Crippen molar-refractivity contribution >= 4 is 24.7 Å². The SMILES string of the molecule is CC.CC(C)(C)OC(=O)NC(C(=O)O)C(C)(C)S. The van der Waals surface area contributed by atoms with Crippen LogP contribution in [0.25, 0.3) is 0 Å². The van der Waals surface area contributed by atoms with Crippen LogP contribution >= 0.6 is 12.6 Å². The molecule has 0 rings (SSSR count). The molecule has 1 atom stereocenters. The Balaban J connectivity index is 0. The summed E-state index contributed by atoms with van der Waals surface area (Å²) in [5.74, 6) is -1.15. The lowest BCUT2D eigenvalue weighted by Crippen LogP contribution is -2.52. The first-order chi connectivity index (χ1) is 7.93. The minimum Gasteiger partial charge on any atom is -0.480 e. The summed E-state index contributed by atoms with van der Waals surface area (Å²) in [6, 6.07) is -1.11. The molecule has 2 N–H and O–H groups in total. The number of carboxylic acids is 1. The highest BCUT2D eigenvalue weighted by atomic mass is 32.1. The van der Waals surface area contributed by atoms with Crippen LogP contribution in [0, 0.1) is 0 Å². The second-order valence-electron chi connectivity index (χ2n) is 5.07. The zero-order valence-electron chi connectivity index (χ0n) is 12.2. The lowest BCUT2D eigenvalue weighted by molar-refractivity contribution is -0.140. The van der Waals surface area contributed by atoms with Crippen molar-refractivity contribution in [3.8, 4) is 0 Å². The van der Waals surface area contributed by atoms with Crippen LogP contribution in [-0.4, -0.2) is 33.6 Å². The molecule has 1 amide bonds. The van der Waals surface area contributed by atoms with Gasteiger partial charge in [-0.2, -0.15) is 12.6 Å². The third kappa shape index (κ3) is 9.15. The largest absolute Gasteiger partial charge is 0.480 e. The van der Waals surface area contributed by atoms with E-state index in [-0.39, 0.29) is 0 Å². The van der Waals surface area contributed by atoms with Gasteiger partial charge in [0.15, 0.2) is 0 Å². The van der Waals surface area contributed by atoms with E-state index in [1.54, 1.807) is 34.6 Å². The number of carbonyl (C=O) groups is 2. The highest BCUT2D eigenvalue weighted by Gasteiger charge is 2.34. The Bertz CT molecular complexity index is 279. The molecule has 0 aromatic rings. The van der Waals surface area contributed by atoms with E-state index >= 15 is 0 Å². The molecular formula is C12H25NO4S. The fraction of sp³-hybridized carbons (Fsp3) is 0.833. The van der Waals surface area contributed by atoms with E-state index in [1.807, 2.05) is 13.8 Å². The Morgan fingerprint density at radius 3 is 1.78 bits per heavy atom. The molecule has 1 unspecified atom stereocenters. The molecule has 0 aromatic carbocycles. The predicted molar refractivity (Wildman–Crippen MR) is 75.2 cm³/mol. The van der Waals surface area contributed by atoms with Crippen LogP contribution in [0.1, 0.15) is 48.5 Å². The number of rotatable bonds is 3. The first kappa shape index (κ1) is 19.4. The number of carboxylic acid groups (broad SMARTS) is 1. The summed E-state index contributed by atoms with van der Waals surface area (Å²) in [7, 11) is 0. The molecular weight excluding hydrogens is 254 g/mol. The molecule has 0 aliphatic carbocycles. The predicted octanol–water partition coefficient (Wildman–Crippen LogP) is 2.70. The quantitative estimate of drug-likeness (QED) is 0.694. The van der Waals surface area contributed by atoms with Gasteiger partial charge in [-0.3, -0.25) is 0 Å². The number of nitrogens with one attached hydrogen (secondary N) is 1. The van der Waals surface area contributed by atoms with Gasteiger partial charge in [-0.15, -0.1) is 0 Å². The van der Waals surface area contributed by atoms with E-state index in [1.165, 1.54) is 0 Å². The van der Waals surface area contributed by atoms with Crippen molar-refractivity contribution in [1.29, 1.82) is 0 Å². The van der Waals surface area contributed by atoms with E-state index in [4.69, 9.17) is 9.84 Å². The Morgan fingerprint density at radius 1 is 1.17 bits per heavy atom. The van der Waals surface area contributed by atoms with Crippen LogP contribution in [0.4, 0.5) is 4.79 Å². The van der Waals surface area contributed by atoms with Gasteiger partial charge in [0.2, 0.25) is 0 Å². The summed E-state index contributed by atoms with van der Waals surface area (Å²) >= 11 is 4.12. The number of amides is 1. The normalized spacial score (nSPS) is 12.9. The molecule has 0 fully saturated rings. The molecule has 5 nitrogen and oxygen atoms in total. The number of carbonyl (C=O) groups excluding carboxylic acids is 1. The smallest absolute Gasteiger partial charge is 0.408 e. The Labute approximate surface area is 115 Å². The molecule has 0 aliphatic rings. The molecule has 0 radical (unpaired) electrons. The maximum Gasteiger partial charge on any atom is 0.408 e. The van der Waals surface area contributed by atoms with Gasteiger partial charge < -0.3 is 15.2 Å². The Hall–Kier alpha value is -0.910. The first-order valence-corrected chi connectivity index (χ1v) is 6.33. The molecule has 0 spiro atoms. The standard InChI is InChI=1S/C10H19NO4S.C2H6/c1-9(2,3)15-8(14)11-6(7(12)13)10(4,5)16;1-2/h6,16H,1-5H3,(H,11,14)(H,12,13);1-2H3. The van der Waals surface area contributed by atoms with Crippen LogP contribution in [0.3, 0.4) is 0 Å². The van der Waals surface area contributed by atoms with Crippen LogP contribution in [-0.2, 0) is 9.53 Å². The molecule has 0 heterocycles. The maximum absolute atomic E-state index is 11.4. The number of hydrogen-bond donors (Lipinski definition) is 3. The van der Waals surface area contributed by atoms with Gasteiger partial charge in [-0.1, -0.05) is 13.8 Å². The second kappa shape index (κ2) is 7.51. The van der Waals surface area contributed by atoms with E-state index in [2.05, 4.69) is 17.9 Å². The van der Waals surface area contributed by atoms with Crippen molar-refractivity contribution < 1.29 is 19.4 Å². The van der Waals surface area contributed by atoms with Crippen LogP contribution in [0.5, 0.6) is 0 Å². The van der Waals surface area contributed by atoms with Gasteiger partial charge in [0.05, 0.1) is 0 Å². The molecule has 0 saturated heterocycles. The van der Waals surface area contributed by atoms with Gasteiger partial charge in [0.1, 0.15) is 11.6 Å². The second-order valence-corrected chi connectivity index (χ2v) is 6.22. The summed E-state index contributed by atoms with van der Waals surface area (Å²) in [6.45, 7) is 12.3. The number of hydrogen-bond acceptors (Lipinski definition) is 4. The first-order valence-electron chi connectivity index (χ1n) is 5.88. The average Bonchev–Trinajstić information content (AvgIpc) is 2.12. The van der Waals surface area contributed by atoms with Crippen molar-refractivity contribution in [3.63, 3.8) is 0 Å². The third-order valence-corrected chi connectivity index (χ3v) is 1.87. The van der Waals surface area contributed by atoms with E-state index < -0.39 is 28.5 Å². The van der Waals surface area contributed by atoms with Gasteiger partial charge in [0.25, 0.3) is 0 Å². The van der Waals surface area contributed by atoms with Crippen molar-refractivity contribution in [1.82, 2.24) is 5.32 Å². The minimum atomic E-state index is -1.15. The summed E-state index contributed by atoms with van der Waals surface area (Å²) < 4.78 is 4.09. The van der Waals surface area contributed by atoms with Crippen LogP contribution in [0.15, 0.2) is 0 Å². The summed E-state index contributed by atoms with van der Waals surface area (Å²) in [5.41, 5.74) is -0.659. The number of aliphatic carboxylic acids is 1. The topological polar surface area (TPSA) is 75.6 Å². The molecule has 18 heavy (non-hydrogen) atoms. The lowest BCUT2D eigenvalue weighted by Gasteiger charge is -2.28. The van der Waals surface area contributed by atoms with Crippen LogP contribution in [0.2, 0.25) is 0 Å². The fourth-order valence-electron chi connectivity index (χ4n) is 0.966. The maximum atomic E-state index is 11.4. The summed E-state index contributed by atoms with van der Waals surface area (Å²) in [6.07, 6.45) is -0.762. The zero-order chi connectivity index (χ0) is 15.1. The summed E-state index contributed by atoms with van der Waals surface area (Å²) in [4.78, 5) is 22.3. The van der Waals surface area contributed by atoms with Gasteiger partial charge in [-0.25, -0.2) is 9.59 Å². The van der Waals surface area contributed by atoms with Crippen molar-refractivity contribution in [3.05, 3.63) is 0 Å². The molecule has 0 saturated carbocycles. The highest BCUT2D eigenvalue weighted by molar-refractivity contribution is 7.81.